The van der Waals surface area contributed by atoms with Crippen molar-refractivity contribution in [3.05, 3.63) is 11.8 Å². The molecule has 0 aliphatic carbocycles. The van der Waals surface area contributed by atoms with Gasteiger partial charge >= 0.3 is 12.1 Å². The van der Waals surface area contributed by atoms with E-state index in [9.17, 15) is 22.0 Å². The summed E-state index contributed by atoms with van der Waals surface area (Å²) in [6.07, 6.45) is -4.96. The van der Waals surface area contributed by atoms with E-state index in [1.807, 2.05) is 6.92 Å². The van der Waals surface area contributed by atoms with E-state index >= 15 is 0 Å². The quantitative estimate of drug-likeness (QED) is 0.650. The largest absolute Gasteiger partial charge is 0.463 e. The van der Waals surface area contributed by atoms with Gasteiger partial charge in [-0.3, -0.25) is 0 Å². The van der Waals surface area contributed by atoms with E-state index in [4.69, 9.17) is 0 Å². The van der Waals surface area contributed by atoms with Crippen molar-refractivity contribution in [1.82, 2.24) is 15.5 Å². The van der Waals surface area contributed by atoms with Gasteiger partial charge in [-0.25, -0.2) is 0 Å². The normalized spacial score (nSPS) is 13.1. The van der Waals surface area contributed by atoms with Crippen LogP contribution in [0.25, 0.3) is 0 Å². The summed E-state index contributed by atoms with van der Waals surface area (Å²) in [5.41, 5.74) is 0. The molecule has 1 heterocycles. The topological polar surface area (TPSA) is 51.0 Å². The zero-order valence-corrected chi connectivity index (χ0v) is 8.81. The predicted octanol–water partition coefficient (Wildman–Crippen LogP) is 2.22. The summed E-state index contributed by atoms with van der Waals surface area (Å²) in [5, 5.41) is 8.55. The summed E-state index contributed by atoms with van der Waals surface area (Å²) in [4.78, 5) is 0. The molecule has 1 N–H and O–H groups in total. The second kappa shape index (κ2) is 4.94. The highest BCUT2D eigenvalue weighted by Gasteiger charge is 2.62. The van der Waals surface area contributed by atoms with Crippen LogP contribution >= 0.6 is 0 Å². The SMILES string of the molecule is CCCNCc1nnc(C(F)(F)C(F)(F)F)o1. The number of rotatable bonds is 5. The Balaban J connectivity index is 2.74. The average molecular weight is 259 g/mol. The summed E-state index contributed by atoms with van der Waals surface area (Å²) in [6, 6.07) is 0. The molecule has 0 aliphatic heterocycles. The molecule has 0 radical (unpaired) electrons. The van der Waals surface area contributed by atoms with Gasteiger partial charge in [0.05, 0.1) is 6.54 Å². The van der Waals surface area contributed by atoms with Crippen LogP contribution < -0.4 is 5.32 Å². The highest BCUT2D eigenvalue weighted by Crippen LogP contribution is 2.42. The molecule has 4 nitrogen and oxygen atoms in total. The molecule has 0 atom stereocenters. The highest BCUT2D eigenvalue weighted by molar-refractivity contribution is 4.95. The lowest BCUT2D eigenvalue weighted by Gasteiger charge is -2.14. The van der Waals surface area contributed by atoms with Crippen molar-refractivity contribution in [2.24, 2.45) is 0 Å². The van der Waals surface area contributed by atoms with Crippen LogP contribution in [0.15, 0.2) is 4.42 Å². The number of aromatic nitrogens is 2. The van der Waals surface area contributed by atoms with Crippen LogP contribution in [0.4, 0.5) is 22.0 Å². The van der Waals surface area contributed by atoms with Gasteiger partial charge in [0.2, 0.25) is 5.89 Å². The van der Waals surface area contributed by atoms with E-state index in [0.717, 1.165) is 6.42 Å². The number of hydrogen-bond donors (Lipinski definition) is 1. The van der Waals surface area contributed by atoms with Gasteiger partial charge in [-0.05, 0) is 13.0 Å². The predicted molar refractivity (Wildman–Crippen MR) is 46.2 cm³/mol. The summed E-state index contributed by atoms with van der Waals surface area (Å²) in [7, 11) is 0. The molecular weight excluding hydrogens is 249 g/mol. The Labute approximate surface area is 93.2 Å². The fourth-order valence-electron chi connectivity index (χ4n) is 0.945. The van der Waals surface area contributed by atoms with Crippen LogP contribution in [-0.2, 0) is 12.5 Å². The van der Waals surface area contributed by atoms with E-state index in [0.29, 0.717) is 6.54 Å². The minimum Gasteiger partial charge on any atom is -0.418 e. The molecule has 0 amide bonds. The fourth-order valence-corrected chi connectivity index (χ4v) is 0.945. The Morgan fingerprint density at radius 3 is 2.35 bits per heavy atom. The minimum absolute atomic E-state index is 0.0468. The third kappa shape index (κ3) is 3.11. The molecule has 0 fully saturated rings. The van der Waals surface area contributed by atoms with Crippen molar-refractivity contribution in [1.29, 1.82) is 0 Å². The van der Waals surface area contributed by atoms with E-state index in [1.165, 1.54) is 0 Å². The first-order valence-corrected chi connectivity index (χ1v) is 4.77. The maximum absolute atomic E-state index is 12.7. The maximum atomic E-state index is 12.7. The van der Waals surface area contributed by atoms with E-state index < -0.39 is 18.0 Å². The van der Waals surface area contributed by atoms with Crippen LogP contribution in [0.2, 0.25) is 0 Å². The van der Waals surface area contributed by atoms with Gasteiger partial charge in [0, 0.05) is 0 Å². The van der Waals surface area contributed by atoms with Gasteiger partial charge in [-0.15, -0.1) is 10.2 Å². The van der Waals surface area contributed by atoms with Crippen molar-refractivity contribution in [2.45, 2.75) is 32.0 Å². The zero-order chi connectivity index (χ0) is 13.1. The monoisotopic (exact) mass is 259 g/mol. The Bertz CT molecular complexity index is 362. The van der Waals surface area contributed by atoms with Gasteiger partial charge < -0.3 is 9.73 Å². The molecule has 9 heteroatoms. The molecule has 17 heavy (non-hydrogen) atoms. The molecule has 0 unspecified atom stereocenters. The number of nitrogens with one attached hydrogen (secondary N) is 1. The van der Waals surface area contributed by atoms with Crippen molar-refractivity contribution in [3.63, 3.8) is 0 Å². The summed E-state index contributed by atoms with van der Waals surface area (Å²) < 4.78 is 65.5. The van der Waals surface area contributed by atoms with Crippen molar-refractivity contribution in [2.75, 3.05) is 6.54 Å². The van der Waals surface area contributed by atoms with Crippen LogP contribution in [0.3, 0.4) is 0 Å². The van der Waals surface area contributed by atoms with E-state index in [1.54, 1.807) is 0 Å². The second-order valence-electron chi connectivity index (χ2n) is 3.25. The molecule has 1 rings (SSSR count). The highest BCUT2D eigenvalue weighted by atomic mass is 19.4. The molecule has 0 aromatic carbocycles. The number of alkyl halides is 5. The van der Waals surface area contributed by atoms with Gasteiger partial charge in [0.1, 0.15) is 0 Å². The van der Waals surface area contributed by atoms with Crippen molar-refractivity contribution >= 4 is 0 Å². The van der Waals surface area contributed by atoms with Crippen LogP contribution in [-0.4, -0.2) is 22.9 Å². The Kier molecular flexibility index (Phi) is 4.02. The molecule has 0 spiro atoms. The second-order valence-corrected chi connectivity index (χ2v) is 3.25. The molecule has 0 bridgehead atoms. The molecule has 1 aromatic rings. The lowest BCUT2D eigenvalue weighted by atomic mass is 10.3. The summed E-state index contributed by atoms with van der Waals surface area (Å²) in [5.74, 6) is -7.17. The Morgan fingerprint density at radius 1 is 1.18 bits per heavy atom. The van der Waals surface area contributed by atoms with E-state index in [-0.39, 0.29) is 12.4 Å². The first-order valence-electron chi connectivity index (χ1n) is 4.77. The zero-order valence-electron chi connectivity index (χ0n) is 8.81. The molecule has 0 saturated heterocycles. The number of hydrogen-bond acceptors (Lipinski definition) is 4. The van der Waals surface area contributed by atoms with Gasteiger partial charge in [-0.2, -0.15) is 22.0 Å². The summed E-state index contributed by atoms with van der Waals surface area (Å²) >= 11 is 0. The molecular formula is C8H10F5N3O. The average Bonchev–Trinajstić information content (AvgIpc) is 2.65. The molecule has 0 aliphatic rings. The van der Waals surface area contributed by atoms with Crippen LogP contribution in [0, 0.1) is 0 Å². The molecule has 98 valence electrons. The fraction of sp³-hybridized carbons (Fsp3) is 0.750. The van der Waals surface area contributed by atoms with Crippen LogP contribution in [0.5, 0.6) is 0 Å². The molecule has 0 saturated carbocycles. The number of nitrogens with zero attached hydrogens (tertiary/aromatic N) is 2. The van der Waals surface area contributed by atoms with Crippen molar-refractivity contribution in [3.8, 4) is 0 Å². The third-order valence-electron chi connectivity index (χ3n) is 1.79. The van der Waals surface area contributed by atoms with Gasteiger partial charge in [0.25, 0.3) is 5.89 Å². The molecule has 1 aromatic heterocycles. The minimum atomic E-state index is -5.74. The van der Waals surface area contributed by atoms with Crippen LogP contribution in [0.1, 0.15) is 25.1 Å². The number of halogens is 5. The smallest absolute Gasteiger partial charge is 0.418 e. The standard InChI is InChI=1S/C8H10F5N3O/c1-2-3-14-4-5-15-16-6(17-5)7(9,10)8(11,12)13/h14H,2-4H2,1H3. The van der Waals surface area contributed by atoms with Gasteiger partial charge in [0.15, 0.2) is 0 Å². The lowest BCUT2D eigenvalue weighted by Crippen LogP contribution is -2.34. The lowest BCUT2D eigenvalue weighted by molar-refractivity contribution is -0.297. The van der Waals surface area contributed by atoms with E-state index in [2.05, 4.69) is 19.9 Å². The third-order valence-corrected chi connectivity index (χ3v) is 1.79. The Morgan fingerprint density at radius 2 is 1.82 bits per heavy atom. The first-order chi connectivity index (χ1) is 7.79. The Hall–Kier alpha value is -1.25. The van der Waals surface area contributed by atoms with Crippen molar-refractivity contribution < 1.29 is 26.4 Å². The first kappa shape index (κ1) is 13.8. The maximum Gasteiger partial charge on any atom is 0.463 e. The van der Waals surface area contributed by atoms with Gasteiger partial charge in [-0.1, -0.05) is 6.92 Å². The summed E-state index contributed by atoms with van der Waals surface area (Å²) in [6.45, 7) is 2.38.